The minimum atomic E-state index is -0.421. The zero-order chi connectivity index (χ0) is 17.1. The summed E-state index contributed by atoms with van der Waals surface area (Å²) in [5.74, 6) is 1.21. The molecule has 1 spiro atoms. The van der Waals surface area contributed by atoms with Gasteiger partial charge in [0, 0.05) is 31.1 Å². The fourth-order valence-corrected chi connectivity index (χ4v) is 3.65. The molecular formula is C20H22N2O2S. The number of fused-ring (bicyclic) bond motifs is 1. The molecule has 0 saturated heterocycles. The first-order chi connectivity index (χ1) is 12.2. The van der Waals surface area contributed by atoms with E-state index in [1.54, 1.807) is 0 Å². The van der Waals surface area contributed by atoms with Gasteiger partial charge in [-0.2, -0.15) is 0 Å². The minimum Gasteiger partial charge on any atom is -0.448 e. The van der Waals surface area contributed by atoms with Gasteiger partial charge in [0.25, 0.3) is 5.79 Å². The maximum absolute atomic E-state index is 6.09. The van der Waals surface area contributed by atoms with Crippen molar-refractivity contribution in [3.63, 3.8) is 0 Å². The molecular weight excluding hydrogens is 332 g/mol. The molecule has 1 heterocycles. The molecule has 2 aromatic carbocycles. The van der Waals surface area contributed by atoms with Crippen molar-refractivity contribution in [3.05, 3.63) is 54.1 Å². The smallest absolute Gasteiger partial charge is 0.251 e. The normalized spacial score (nSPS) is 16.8. The van der Waals surface area contributed by atoms with Crippen molar-refractivity contribution in [2.45, 2.75) is 37.9 Å². The third-order valence-corrected chi connectivity index (χ3v) is 4.95. The minimum absolute atomic E-state index is 0.421. The van der Waals surface area contributed by atoms with Crippen LogP contribution in [0, 0.1) is 0 Å². The molecule has 5 heteroatoms. The number of ether oxygens (including phenoxy) is 2. The van der Waals surface area contributed by atoms with Crippen LogP contribution in [0.15, 0.2) is 48.5 Å². The maximum atomic E-state index is 6.09. The number of anilines is 1. The molecule has 0 unspecified atom stereocenters. The molecule has 1 aliphatic carbocycles. The first-order valence-corrected chi connectivity index (χ1v) is 9.24. The predicted octanol–water partition coefficient (Wildman–Crippen LogP) is 4.26. The van der Waals surface area contributed by atoms with Crippen molar-refractivity contribution >= 4 is 23.0 Å². The van der Waals surface area contributed by atoms with Crippen LogP contribution in [-0.2, 0) is 6.42 Å². The van der Waals surface area contributed by atoms with Crippen LogP contribution in [0.4, 0.5) is 5.69 Å². The highest BCUT2D eigenvalue weighted by Crippen LogP contribution is 2.47. The molecule has 2 aromatic rings. The SMILES string of the molecule is S=C(NCCc1ccccc1)Nc1ccc2c(c1)OC1(CCCC1)O2. The maximum Gasteiger partial charge on any atom is 0.251 e. The average Bonchev–Trinajstić information content (AvgIpc) is 3.21. The topological polar surface area (TPSA) is 42.5 Å². The van der Waals surface area contributed by atoms with E-state index >= 15 is 0 Å². The largest absolute Gasteiger partial charge is 0.448 e. The van der Waals surface area contributed by atoms with Crippen LogP contribution in [0.25, 0.3) is 0 Å². The molecule has 2 N–H and O–H groups in total. The molecule has 0 amide bonds. The molecule has 0 radical (unpaired) electrons. The Morgan fingerprint density at radius 1 is 1.00 bits per heavy atom. The Morgan fingerprint density at radius 3 is 2.56 bits per heavy atom. The van der Waals surface area contributed by atoms with E-state index in [0.717, 1.165) is 55.8 Å². The van der Waals surface area contributed by atoms with E-state index in [1.165, 1.54) is 5.56 Å². The van der Waals surface area contributed by atoms with Crippen LogP contribution in [0.3, 0.4) is 0 Å². The van der Waals surface area contributed by atoms with E-state index in [9.17, 15) is 0 Å². The molecule has 1 saturated carbocycles. The van der Waals surface area contributed by atoms with Crippen LogP contribution < -0.4 is 20.1 Å². The Balaban J connectivity index is 1.31. The van der Waals surface area contributed by atoms with E-state index in [0.29, 0.717) is 5.11 Å². The highest BCUT2D eigenvalue weighted by atomic mass is 32.1. The Bertz CT molecular complexity index is 758. The summed E-state index contributed by atoms with van der Waals surface area (Å²) in [6.07, 6.45) is 5.18. The molecule has 0 atom stereocenters. The lowest BCUT2D eigenvalue weighted by molar-refractivity contribution is -0.0716. The van der Waals surface area contributed by atoms with Gasteiger partial charge in [0.15, 0.2) is 16.6 Å². The molecule has 0 bridgehead atoms. The molecule has 1 aliphatic heterocycles. The molecule has 1 fully saturated rings. The van der Waals surface area contributed by atoms with Crippen molar-refractivity contribution < 1.29 is 9.47 Å². The molecule has 4 nitrogen and oxygen atoms in total. The van der Waals surface area contributed by atoms with Crippen LogP contribution in [-0.4, -0.2) is 17.4 Å². The second kappa shape index (κ2) is 6.92. The van der Waals surface area contributed by atoms with Crippen LogP contribution in [0.2, 0.25) is 0 Å². The third-order valence-electron chi connectivity index (χ3n) is 4.70. The predicted molar refractivity (Wildman–Crippen MR) is 103 cm³/mol. The monoisotopic (exact) mass is 354 g/mol. The van der Waals surface area contributed by atoms with Gasteiger partial charge in [-0.05, 0) is 49.2 Å². The van der Waals surface area contributed by atoms with Gasteiger partial charge in [0.1, 0.15) is 0 Å². The fourth-order valence-electron chi connectivity index (χ4n) is 3.43. The first kappa shape index (κ1) is 16.2. The zero-order valence-corrected chi connectivity index (χ0v) is 14.9. The zero-order valence-electron chi connectivity index (χ0n) is 14.1. The molecule has 25 heavy (non-hydrogen) atoms. The number of hydrogen-bond acceptors (Lipinski definition) is 3. The summed E-state index contributed by atoms with van der Waals surface area (Å²) in [6, 6.07) is 16.3. The summed E-state index contributed by atoms with van der Waals surface area (Å²) < 4.78 is 12.1. The van der Waals surface area contributed by atoms with E-state index in [1.807, 2.05) is 24.3 Å². The van der Waals surface area contributed by atoms with E-state index in [-0.39, 0.29) is 0 Å². The number of hydrogen-bond donors (Lipinski definition) is 2. The number of benzene rings is 2. The number of nitrogens with one attached hydrogen (secondary N) is 2. The van der Waals surface area contributed by atoms with E-state index in [2.05, 4.69) is 34.9 Å². The lowest BCUT2D eigenvalue weighted by Crippen LogP contribution is -2.34. The van der Waals surface area contributed by atoms with Gasteiger partial charge in [-0.1, -0.05) is 30.3 Å². The van der Waals surface area contributed by atoms with Crippen molar-refractivity contribution in [2.24, 2.45) is 0 Å². The van der Waals surface area contributed by atoms with Gasteiger partial charge in [-0.15, -0.1) is 0 Å². The van der Waals surface area contributed by atoms with Crippen molar-refractivity contribution in [1.29, 1.82) is 0 Å². The van der Waals surface area contributed by atoms with E-state index < -0.39 is 5.79 Å². The fraction of sp³-hybridized carbons (Fsp3) is 0.350. The highest BCUT2D eigenvalue weighted by molar-refractivity contribution is 7.80. The highest BCUT2D eigenvalue weighted by Gasteiger charge is 2.44. The summed E-state index contributed by atoms with van der Waals surface area (Å²) in [5, 5.41) is 7.08. The van der Waals surface area contributed by atoms with Gasteiger partial charge >= 0.3 is 0 Å². The first-order valence-electron chi connectivity index (χ1n) is 8.83. The van der Waals surface area contributed by atoms with Crippen LogP contribution in [0.1, 0.15) is 31.2 Å². The Kier molecular flexibility index (Phi) is 4.49. The van der Waals surface area contributed by atoms with Gasteiger partial charge in [-0.25, -0.2) is 0 Å². The number of rotatable bonds is 4. The Morgan fingerprint density at radius 2 is 1.76 bits per heavy atom. The second-order valence-corrected chi connectivity index (χ2v) is 7.01. The standard InChI is InChI=1S/C20H22N2O2S/c25-19(21-13-10-15-6-2-1-3-7-15)22-16-8-9-17-18(14-16)24-20(23-17)11-4-5-12-20/h1-3,6-9,14H,4-5,10-13H2,(H2,21,22,25). The van der Waals surface area contributed by atoms with E-state index in [4.69, 9.17) is 21.7 Å². The molecule has 0 aromatic heterocycles. The third kappa shape index (κ3) is 3.71. The molecule has 4 rings (SSSR count). The van der Waals surface area contributed by atoms with Crippen molar-refractivity contribution in [2.75, 3.05) is 11.9 Å². The van der Waals surface area contributed by atoms with Gasteiger partial charge in [0.2, 0.25) is 0 Å². The summed E-state index contributed by atoms with van der Waals surface area (Å²) in [4.78, 5) is 0. The van der Waals surface area contributed by atoms with Crippen LogP contribution in [0.5, 0.6) is 11.5 Å². The van der Waals surface area contributed by atoms with Gasteiger partial charge in [0.05, 0.1) is 0 Å². The molecule has 2 aliphatic rings. The van der Waals surface area contributed by atoms with Gasteiger partial charge < -0.3 is 20.1 Å². The summed E-state index contributed by atoms with van der Waals surface area (Å²) >= 11 is 5.39. The average molecular weight is 354 g/mol. The Hall–Kier alpha value is -2.27. The summed E-state index contributed by atoms with van der Waals surface area (Å²) in [7, 11) is 0. The summed E-state index contributed by atoms with van der Waals surface area (Å²) in [6.45, 7) is 0.795. The Labute approximate surface area is 153 Å². The van der Waals surface area contributed by atoms with Gasteiger partial charge in [-0.3, -0.25) is 0 Å². The van der Waals surface area contributed by atoms with Crippen molar-refractivity contribution in [1.82, 2.24) is 5.32 Å². The second-order valence-electron chi connectivity index (χ2n) is 6.60. The number of thiocarbonyl (C=S) groups is 1. The lowest BCUT2D eigenvalue weighted by Gasteiger charge is -2.21. The van der Waals surface area contributed by atoms with Crippen LogP contribution >= 0.6 is 12.2 Å². The molecule has 130 valence electrons. The quantitative estimate of drug-likeness (QED) is 0.803. The van der Waals surface area contributed by atoms with Crippen molar-refractivity contribution in [3.8, 4) is 11.5 Å². The lowest BCUT2D eigenvalue weighted by atomic mass is 10.1. The summed E-state index contributed by atoms with van der Waals surface area (Å²) in [5.41, 5.74) is 2.21.